The van der Waals surface area contributed by atoms with Crippen molar-refractivity contribution in [1.82, 2.24) is 4.90 Å². The van der Waals surface area contributed by atoms with E-state index < -0.39 is 0 Å². The summed E-state index contributed by atoms with van der Waals surface area (Å²) in [6.07, 6.45) is 4.68. The second kappa shape index (κ2) is 6.38. The molecule has 1 aliphatic rings. The molecule has 0 bridgehead atoms. The van der Waals surface area contributed by atoms with E-state index in [9.17, 15) is 0 Å². The first kappa shape index (κ1) is 14.3. The lowest BCUT2D eigenvalue weighted by Crippen LogP contribution is -2.38. The van der Waals surface area contributed by atoms with Gasteiger partial charge in [-0.15, -0.1) is 0 Å². The van der Waals surface area contributed by atoms with Gasteiger partial charge in [0.2, 0.25) is 0 Å². The van der Waals surface area contributed by atoms with Gasteiger partial charge in [-0.1, -0.05) is 33.6 Å². The van der Waals surface area contributed by atoms with Gasteiger partial charge in [-0.3, -0.25) is 4.90 Å². The third kappa shape index (κ3) is 3.70. The molecule has 0 atom stereocenters. The van der Waals surface area contributed by atoms with Crippen LogP contribution in [0.15, 0.2) is 22.7 Å². The van der Waals surface area contributed by atoms with E-state index in [1.54, 1.807) is 0 Å². The highest BCUT2D eigenvalue weighted by molar-refractivity contribution is 9.10. The summed E-state index contributed by atoms with van der Waals surface area (Å²) in [5.41, 5.74) is 7.14. The summed E-state index contributed by atoms with van der Waals surface area (Å²) >= 11 is 9.69. The number of halogens is 2. The van der Waals surface area contributed by atoms with Crippen molar-refractivity contribution >= 4 is 27.5 Å². The molecule has 100 valence electrons. The van der Waals surface area contributed by atoms with Crippen molar-refractivity contribution in [3.05, 3.63) is 33.3 Å². The molecule has 1 aromatic carbocycles. The Hall–Kier alpha value is -0.0900. The molecule has 0 saturated heterocycles. The van der Waals surface area contributed by atoms with Gasteiger partial charge in [-0.05, 0) is 50.4 Å². The van der Waals surface area contributed by atoms with E-state index >= 15 is 0 Å². The fourth-order valence-electron chi connectivity index (χ4n) is 2.59. The van der Waals surface area contributed by atoms with Gasteiger partial charge in [0.1, 0.15) is 0 Å². The van der Waals surface area contributed by atoms with Gasteiger partial charge in [0, 0.05) is 28.1 Å². The van der Waals surface area contributed by atoms with Crippen LogP contribution in [0.3, 0.4) is 0 Å². The molecule has 0 radical (unpaired) electrons. The Balaban J connectivity index is 1.96. The van der Waals surface area contributed by atoms with Gasteiger partial charge in [-0.2, -0.15) is 0 Å². The third-order valence-electron chi connectivity index (χ3n) is 3.80. The van der Waals surface area contributed by atoms with Gasteiger partial charge in [0.05, 0.1) is 0 Å². The van der Waals surface area contributed by atoms with E-state index in [0.29, 0.717) is 12.1 Å². The van der Waals surface area contributed by atoms with Gasteiger partial charge in [0.25, 0.3) is 0 Å². The standard InChI is InChI=1S/C14H20BrClN2/c1-18(13-6-4-12(17)5-7-13)9-10-2-3-11(15)8-14(10)16/h2-3,8,12-13H,4-7,9,17H2,1H3. The van der Waals surface area contributed by atoms with Crippen molar-refractivity contribution in [3.8, 4) is 0 Å². The SMILES string of the molecule is CN(Cc1ccc(Br)cc1Cl)C1CCC(N)CC1. The molecule has 2 rings (SSSR count). The maximum Gasteiger partial charge on any atom is 0.0462 e. The molecule has 0 spiro atoms. The van der Waals surface area contributed by atoms with E-state index in [1.165, 1.54) is 18.4 Å². The summed E-state index contributed by atoms with van der Waals surface area (Å²) in [5.74, 6) is 0. The highest BCUT2D eigenvalue weighted by Gasteiger charge is 2.22. The molecule has 2 nitrogen and oxygen atoms in total. The van der Waals surface area contributed by atoms with Crippen LogP contribution in [-0.2, 0) is 6.54 Å². The van der Waals surface area contributed by atoms with Crippen LogP contribution in [0, 0.1) is 0 Å². The Morgan fingerprint density at radius 1 is 1.33 bits per heavy atom. The highest BCUT2D eigenvalue weighted by atomic mass is 79.9. The molecule has 0 amide bonds. The molecule has 0 unspecified atom stereocenters. The Morgan fingerprint density at radius 2 is 2.00 bits per heavy atom. The summed E-state index contributed by atoms with van der Waals surface area (Å²) in [4.78, 5) is 2.40. The van der Waals surface area contributed by atoms with Crippen molar-refractivity contribution in [2.75, 3.05) is 7.05 Å². The lowest BCUT2D eigenvalue weighted by molar-refractivity contribution is 0.176. The van der Waals surface area contributed by atoms with Crippen LogP contribution in [0.2, 0.25) is 5.02 Å². The predicted molar refractivity (Wildman–Crippen MR) is 80.9 cm³/mol. The van der Waals surface area contributed by atoms with Crippen LogP contribution < -0.4 is 5.73 Å². The smallest absolute Gasteiger partial charge is 0.0462 e. The van der Waals surface area contributed by atoms with E-state index in [4.69, 9.17) is 17.3 Å². The second-order valence-corrected chi connectivity index (χ2v) is 6.54. The van der Waals surface area contributed by atoms with Crippen LogP contribution in [-0.4, -0.2) is 24.0 Å². The fraction of sp³-hybridized carbons (Fsp3) is 0.571. The van der Waals surface area contributed by atoms with Crippen molar-refractivity contribution in [2.45, 2.75) is 44.3 Å². The van der Waals surface area contributed by atoms with Crippen LogP contribution in [0.5, 0.6) is 0 Å². The first-order valence-electron chi connectivity index (χ1n) is 6.46. The number of hydrogen-bond donors (Lipinski definition) is 1. The maximum absolute atomic E-state index is 6.26. The number of nitrogens with two attached hydrogens (primary N) is 1. The van der Waals surface area contributed by atoms with Gasteiger partial charge in [0.15, 0.2) is 0 Å². The van der Waals surface area contributed by atoms with Crippen LogP contribution in [0.4, 0.5) is 0 Å². The monoisotopic (exact) mass is 330 g/mol. The van der Waals surface area contributed by atoms with Crippen molar-refractivity contribution < 1.29 is 0 Å². The molecular formula is C14H20BrClN2. The number of hydrogen-bond acceptors (Lipinski definition) is 2. The minimum absolute atomic E-state index is 0.408. The lowest BCUT2D eigenvalue weighted by Gasteiger charge is -2.33. The molecule has 0 aliphatic heterocycles. The van der Waals surface area contributed by atoms with Crippen molar-refractivity contribution in [1.29, 1.82) is 0 Å². The van der Waals surface area contributed by atoms with Gasteiger partial charge < -0.3 is 5.73 Å². The van der Waals surface area contributed by atoms with E-state index in [2.05, 4.69) is 33.9 Å². The molecular weight excluding hydrogens is 312 g/mol. The zero-order chi connectivity index (χ0) is 13.1. The Labute approximate surface area is 123 Å². The first-order chi connectivity index (χ1) is 8.56. The average molecular weight is 332 g/mol. The molecule has 1 aromatic rings. The maximum atomic E-state index is 6.26. The number of benzene rings is 1. The second-order valence-electron chi connectivity index (χ2n) is 5.22. The molecule has 0 aromatic heterocycles. The largest absolute Gasteiger partial charge is 0.328 e. The summed E-state index contributed by atoms with van der Waals surface area (Å²) in [5, 5.41) is 0.837. The molecule has 0 heterocycles. The zero-order valence-electron chi connectivity index (χ0n) is 10.7. The molecule has 1 fully saturated rings. The molecule has 2 N–H and O–H groups in total. The quantitative estimate of drug-likeness (QED) is 0.912. The number of rotatable bonds is 3. The molecule has 18 heavy (non-hydrogen) atoms. The first-order valence-corrected chi connectivity index (χ1v) is 7.63. The normalized spacial score (nSPS) is 24.5. The lowest BCUT2D eigenvalue weighted by atomic mass is 9.91. The fourth-order valence-corrected chi connectivity index (χ4v) is 3.32. The van der Waals surface area contributed by atoms with Crippen molar-refractivity contribution in [2.24, 2.45) is 5.73 Å². The minimum atomic E-state index is 0.408. The van der Waals surface area contributed by atoms with Crippen LogP contribution in [0.25, 0.3) is 0 Å². The Morgan fingerprint density at radius 3 is 2.61 bits per heavy atom. The summed E-state index contributed by atoms with van der Waals surface area (Å²) in [6, 6.07) is 7.15. The zero-order valence-corrected chi connectivity index (χ0v) is 13.0. The molecule has 4 heteroatoms. The number of nitrogens with zero attached hydrogens (tertiary/aromatic N) is 1. The van der Waals surface area contributed by atoms with Crippen LogP contribution in [0.1, 0.15) is 31.2 Å². The van der Waals surface area contributed by atoms with Crippen molar-refractivity contribution in [3.63, 3.8) is 0 Å². The predicted octanol–water partition coefficient (Wildman–Crippen LogP) is 3.80. The van der Waals surface area contributed by atoms with E-state index in [0.717, 1.165) is 28.9 Å². The molecule has 1 saturated carbocycles. The summed E-state index contributed by atoms with van der Waals surface area (Å²) in [7, 11) is 2.18. The van der Waals surface area contributed by atoms with Crippen LogP contribution >= 0.6 is 27.5 Å². The van der Waals surface area contributed by atoms with Gasteiger partial charge >= 0.3 is 0 Å². The summed E-state index contributed by atoms with van der Waals surface area (Å²) < 4.78 is 1.03. The minimum Gasteiger partial charge on any atom is -0.328 e. The van der Waals surface area contributed by atoms with E-state index in [-0.39, 0.29) is 0 Å². The van der Waals surface area contributed by atoms with E-state index in [1.807, 2.05) is 12.1 Å². The Kier molecular flexibility index (Phi) is 5.07. The third-order valence-corrected chi connectivity index (χ3v) is 4.64. The molecule has 1 aliphatic carbocycles. The van der Waals surface area contributed by atoms with Gasteiger partial charge in [-0.25, -0.2) is 0 Å². The summed E-state index contributed by atoms with van der Waals surface area (Å²) in [6.45, 7) is 0.909. The Bertz CT molecular complexity index is 403. The highest BCUT2D eigenvalue weighted by Crippen LogP contribution is 2.26. The topological polar surface area (TPSA) is 29.3 Å². The average Bonchev–Trinajstić information content (AvgIpc) is 2.33.